The number of hydrogen-bond acceptors (Lipinski definition) is 3. The van der Waals surface area contributed by atoms with Crippen molar-refractivity contribution < 1.29 is 13.5 Å². The highest BCUT2D eigenvalue weighted by Crippen LogP contribution is 2.22. The minimum atomic E-state index is -3.72. The van der Waals surface area contributed by atoms with Crippen LogP contribution in [0.4, 0.5) is 0 Å². The van der Waals surface area contributed by atoms with Gasteiger partial charge < -0.3 is 5.11 Å². The molecule has 1 rings (SSSR count). The van der Waals surface area contributed by atoms with Crippen LogP contribution in [-0.2, 0) is 10.0 Å². The first-order valence-corrected chi connectivity index (χ1v) is 8.08. The Morgan fingerprint density at radius 2 is 1.74 bits per heavy atom. The topological polar surface area (TPSA) is 66.4 Å². The SMILES string of the molecule is CC(C)CC(O)CNS(=O)(=O)c1cc(Cl)cc(Cl)c1. The second-order valence-corrected chi connectivity index (χ2v) is 7.38. The molecule has 4 nitrogen and oxygen atoms in total. The van der Waals surface area contributed by atoms with E-state index < -0.39 is 16.1 Å². The summed E-state index contributed by atoms with van der Waals surface area (Å²) in [5.41, 5.74) is 0. The number of aliphatic hydroxyl groups is 1. The van der Waals surface area contributed by atoms with Crippen molar-refractivity contribution in [2.24, 2.45) is 5.92 Å². The first kappa shape index (κ1) is 16.7. The van der Waals surface area contributed by atoms with Crippen LogP contribution >= 0.6 is 23.2 Å². The number of aliphatic hydroxyl groups excluding tert-OH is 1. The van der Waals surface area contributed by atoms with Crippen molar-refractivity contribution in [2.75, 3.05) is 6.54 Å². The summed E-state index contributed by atoms with van der Waals surface area (Å²) in [6.45, 7) is 3.87. The average molecular weight is 326 g/mol. The molecular weight excluding hydrogens is 309 g/mol. The van der Waals surface area contributed by atoms with Crippen LogP contribution in [0.25, 0.3) is 0 Å². The van der Waals surface area contributed by atoms with E-state index in [1.54, 1.807) is 0 Å². The molecule has 0 fully saturated rings. The van der Waals surface area contributed by atoms with Crippen LogP contribution in [0.15, 0.2) is 23.1 Å². The lowest BCUT2D eigenvalue weighted by Gasteiger charge is -2.14. The molecule has 7 heteroatoms. The van der Waals surface area contributed by atoms with E-state index in [0.29, 0.717) is 12.3 Å². The molecule has 0 bridgehead atoms. The summed E-state index contributed by atoms with van der Waals surface area (Å²) in [5.74, 6) is 0.292. The molecule has 108 valence electrons. The van der Waals surface area contributed by atoms with E-state index in [9.17, 15) is 13.5 Å². The standard InChI is InChI=1S/C12H17Cl2NO3S/c1-8(2)3-11(16)7-15-19(17,18)12-5-9(13)4-10(14)6-12/h4-6,8,11,15-16H,3,7H2,1-2H3. The van der Waals surface area contributed by atoms with Crippen molar-refractivity contribution in [1.82, 2.24) is 4.72 Å². The molecule has 1 unspecified atom stereocenters. The lowest BCUT2D eigenvalue weighted by atomic mass is 10.1. The van der Waals surface area contributed by atoms with Gasteiger partial charge in [0.15, 0.2) is 0 Å². The molecule has 0 amide bonds. The molecule has 0 aliphatic heterocycles. The normalized spacial score (nSPS) is 13.8. The summed E-state index contributed by atoms with van der Waals surface area (Å²) in [6, 6.07) is 4.07. The van der Waals surface area contributed by atoms with E-state index in [2.05, 4.69) is 4.72 Å². The lowest BCUT2D eigenvalue weighted by molar-refractivity contribution is 0.152. The van der Waals surface area contributed by atoms with E-state index in [-0.39, 0.29) is 21.5 Å². The fourth-order valence-corrected chi connectivity index (χ4v) is 3.40. The highest BCUT2D eigenvalue weighted by Gasteiger charge is 2.17. The Bertz CT molecular complexity index is 512. The first-order valence-electron chi connectivity index (χ1n) is 5.84. The van der Waals surface area contributed by atoms with Gasteiger partial charge in [0.2, 0.25) is 10.0 Å². The third-order valence-electron chi connectivity index (χ3n) is 2.40. The van der Waals surface area contributed by atoms with E-state index in [1.165, 1.54) is 18.2 Å². The Labute approximate surface area is 123 Å². The van der Waals surface area contributed by atoms with Crippen molar-refractivity contribution in [3.63, 3.8) is 0 Å². The molecule has 19 heavy (non-hydrogen) atoms. The number of rotatable bonds is 6. The summed E-state index contributed by atoms with van der Waals surface area (Å²) >= 11 is 11.5. The molecule has 1 atom stereocenters. The number of benzene rings is 1. The van der Waals surface area contributed by atoms with Gasteiger partial charge in [0, 0.05) is 16.6 Å². The maximum atomic E-state index is 12.0. The van der Waals surface area contributed by atoms with E-state index in [1.807, 2.05) is 13.8 Å². The van der Waals surface area contributed by atoms with Gasteiger partial charge in [-0.1, -0.05) is 37.0 Å². The predicted molar refractivity (Wildman–Crippen MR) is 77.1 cm³/mol. The molecule has 0 radical (unpaired) electrons. The molecule has 2 N–H and O–H groups in total. The van der Waals surface area contributed by atoms with Crippen LogP contribution in [0.1, 0.15) is 20.3 Å². The zero-order valence-electron chi connectivity index (χ0n) is 10.7. The predicted octanol–water partition coefficient (Wildman–Crippen LogP) is 2.68. The van der Waals surface area contributed by atoms with Gasteiger partial charge in [0.25, 0.3) is 0 Å². The molecule has 0 saturated carbocycles. The molecule has 0 heterocycles. The number of sulfonamides is 1. The molecule has 1 aromatic rings. The Morgan fingerprint density at radius 3 is 2.21 bits per heavy atom. The lowest BCUT2D eigenvalue weighted by Crippen LogP contribution is -2.32. The fourth-order valence-electron chi connectivity index (χ4n) is 1.60. The highest BCUT2D eigenvalue weighted by atomic mass is 35.5. The van der Waals surface area contributed by atoms with Gasteiger partial charge in [-0.15, -0.1) is 0 Å². The summed E-state index contributed by atoms with van der Waals surface area (Å²) in [7, 11) is -3.72. The van der Waals surface area contributed by atoms with E-state index >= 15 is 0 Å². The first-order chi connectivity index (χ1) is 8.70. The zero-order chi connectivity index (χ0) is 14.6. The second kappa shape index (κ2) is 6.90. The number of nitrogens with one attached hydrogen (secondary N) is 1. The molecule has 0 aliphatic rings. The van der Waals surface area contributed by atoms with Gasteiger partial charge >= 0.3 is 0 Å². The van der Waals surface area contributed by atoms with E-state index in [0.717, 1.165) is 0 Å². The minimum Gasteiger partial charge on any atom is -0.392 e. The van der Waals surface area contributed by atoms with Crippen molar-refractivity contribution in [3.05, 3.63) is 28.2 Å². The maximum Gasteiger partial charge on any atom is 0.240 e. The Hall–Kier alpha value is -0.330. The van der Waals surface area contributed by atoms with Crippen molar-refractivity contribution in [3.8, 4) is 0 Å². The summed E-state index contributed by atoms with van der Waals surface area (Å²) in [5, 5.41) is 10.2. The Kier molecular flexibility index (Phi) is 6.08. The monoisotopic (exact) mass is 325 g/mol. The van der Waals surface area contributed by atoms with Crippen molar-refractivity contribution in [1.29, 1.82) is 0 Å². The van der Waals surface area contributed by atoms with Gasteiger partial charge in [-0.3, -0.25) is 0 Å². The van der Waals surface area contributed by atoms with Crippen LogP contribution < -0.4 is 4.72 Å². The molecule has 0 spiro atoms. The van der Waals surface area contributed by atoms with Gasteiger partial charge in [-0.25, -0.2) is 13.1 Å². The van der Waals surface area contributed by atoms with Gasteiger partial charge in [0.1, 0.15) is 0 Å². The van der Waals surface area contributed by atoms with Crippen molar-refractivity contribution in [2.45, 2.75) is 31.3 Å². The summed E-state index contributed by atoms with van der Waals surface area (Å²) in [4.78, 5) is -0.0123. The highest BCUT2D eigenvalue weighted by molar-refractivity contribution is 7.89. The van der Waals surface area contributed by atoms with Crippen LogP contribution in [0.3, 0.4) is 0 Å². The average Bonchev–Trinajstić information content (AvgIpc) is 2.24. The number of halogens is 2. The second-order valence-electron chi connectivity index (χ2n) is 4.74. The van der Waals surface area contributed by atoms with Crippen LogP contribution in [-0.4, -0.2) is 26.2 Å². The van der Waals surface area contributed by atoms with E-state index in [4.69, 9.17) is 23.2 Å². The molecular formula is C12H17Cl2NO3S. The van der Waals surface area contributed by atoms with Crippen LogP contribution in [0.2, 0.25) is 10.0 Å². The Morgan fingerprint density at radius 1 is 1.21 bits per heavy atom. The minimum absolute atomic E-state index is 0.0123. The molecule has 0 saturated heterocycles. The van der Waals surface area contributed by atoms with Gasteiger partial charge in [-0.2, -0.15) is 0 Å². The number of hydrogen-bond donors (Lipinski definition) is 2. The maximum absolute atomic E-state index is 12.0. The summed E-state index contributed by atoms with van der Waals surface area (Å²) in [6.07, 6.45) is -0.192. The quantitative estimate of drug-likeness (QED) is 0.845. The van der Waals surface area contributed by atoms with Crippen molar-refractivity contribution >= 4 is 33.2 Å². The molecule has 1 aromatic carbocycles. The smallest absolute Gasteiger partial charge is 0.240 e. The fraction of sp³-hybridized carbons (Fsp3) is 0.500. The molecule has 0 aromatic heterocycles. The third-order valence-corrected chi connectivity index (χ3v) is 4.24. The zero-order valence-corrected chi connectivity index (χ0v) is 13.1. The summed E-state index contributed by atoms with van der Waals surface area (Å²) < 4.78 is 26.3. The van der Waals surface area contributed by atoms with Gasteiger partial charge in [-0.05, 0) is 30.5 Å². The molecule has 0 aliphatic carbocycles. The van der Waals surface area contributed by atoms with Crippen LogP contribution in [0.5, 0.6) is 0 Å². The Balaban J connectivity index is 2.76. The van der Waals surface area contributed by atoms with Gasteiger partial charge in [0.05, 0.1) is 11.0 Å². The largest absolute Gasteiger partial charge is 0.392 e. The van der Waals surface area contributed by atoms with Crippen LogP contribution in [0, 0.1) is 5.92 Å². The third kappa shape index (κ3) is 5.67.